The molecule has 8 heteroatoms. The van der Waals surface area contributed by atoms with Crippen molar-refractivity contribution in [3.8, 4) is 11.4 Å². The molecule has 1 aromatic carbocycles. The fraction of sp³-hybridized carbons (Fsp3) is 0.318. The van der Waals surface area contributed by atoms with Gasteiger partial charge in [0.2, 0.25) is 6.23 Å². The summed E-state index contributed by atoms with van der Waals surface area (Å²) >= 11 is 1.68. The molecule has 0 aliphatic carbocycles. The molecule has 0 unspecified atom stereocenters. The van der Waals surface area contributed by atoms with Gasteiger partial charge in [-0.2, -0.15) is 0 Å². The predicted molar refractivity (Wildman–Crippen MR) is 119 cm³/mol. The van der Waals surface area contributed by atoms with Crippen LogP contribution in [0.4, 0.5) is 5.69 Å². The number of anilines is 1. The van der Waals surface area contributed by atoms with Crippen molar-refractivity contribution < 1.29 is 10.1 Å². The van der Waals surface area contributed by atoms with Gasteiger partial charge in [-0.15, -0.1) is 16.8 Å². The highest BCUT2D eigenvalue weighted by Crippen LogP contribution is 2.26. The van der Waals surface area contributed by atoms with Crippen LogP contribution < -0.4 is 10.2 Å². The molecule has 2 N–H and O–H groups in total. The van der Waals surface area contributed by atoms with Gasteiger partial charge in [0, 0.05) is 55.6 Å². The highest BCUT2D eigenvalue weighted by atomic mass is 32.2. The largest absolute Gasteiger partial charge is 0.378 e. The molecule has 0 saturated carbocycles. The minimum absolute atomic E-state index is 0.0465. The third-order valence-corrected chi connectivity index (χ3v) is 6.15. The molecule has 1 aliphatic rings. The van der Waals surface area contributed by atoms with Crippen LogP contribution >= 0.6 is 11.8 Å². The van der Waals surface area contributed by atoms with Crippen LogP contribution in [-0.4, -0.2) is 52.2 Å². The van der Waals surface area contributed by atoms with Gasteiger partial charge in [-0.1, -0.05) is 17.8 Å². The first-order chi connectivity index (χ1) is 14.7. The summed E-state index contributed by atoms with van der Waals surface area (Å²) < 4.78 is 8.37. The van der Waals surface area contributed by atoms with Crippen molar-refractivity contribution in [1.29, 1.82) is 0 Å². The van der Waals surface area contributed by atoms with Crippen molar-refractivity contribution in [2.24, 2.45) is 0 Å². The van der Waals surface area contributed by atoms with Crippen molar-refractivity contribution in [2.75, 3.05) is 31.3 Å². The Bertz CT molecular complexity index is 973. The van der Waals surface area contributed by atoms with E-state index in [1.54, 1.807) is 24.2 Å². The number of nitrogens with two attached hydrogens (primary N) is 1. The van der Waals surface area contributed by atoms with Crippen molar-refractivity contribution in [1.82, 2.24) is 19.7 Å². The van der Waals surface area contributed by atoms with Crippen LogP contribution in [0.3, 0.4) is 0 Å². The fourth-order valence-corrected chi connectivity index (χ4v) is 4.41. The normalized spacial score (nSPS) is 18.5. The number of thioether (sulfide) groups is 1. The number of quaternary nitrogens is 1. The molecule has 0 amide bonds. The molecule has 2 aromatic heterocycles. The fourth-order valence-electron chi connectivity index (χ4n) is 3.45. The van der Waals surface area contributed by atoms with Crippen LogP contribution in [-0.2, 0) is 11.3 Å². The van der Waals surface area contributed by atoms with Gasteiger partial charge in [-0.25, -0.2) is 0 Å². The molecule has 0 bridgehead atoms. The molecule has 4 rings (SSSR count). The van der Waals surface area contributed by atoms with E-state index in [-0.39, 0.29) is 12.3 Å². The summed E-state index contributed by atoms with van der Waals surface area (Å²) in [6.07, 6.45) is 5.60. The van der Waals surface area contributed by atoms with Crippen LogP contribution in [0.25, 0.3) is 11.4 Å². The van der Waals surface area contributed by atoms with Crippen molar-refractivity contribution in [3.05, 3.63) is 67.0 Å². The number of nitrogens with zero attached hydrogens (tertiary/aromatic N) is 5. The SMILES string of the molecule is C=CCn1c(SC[C@H]2C[NH2+][C@H](c3ccc(N(C)C)cc3)O2)nnc1-c1ccncc1. The second kappa shape index (κ2) is 9.42. The first-order valence-corrected chi connectivity index (χ1v) is 11.0. The maximum atomic E-state index is 6.28. The Hall–Kier alpha value is -2.68. The summed E-state index contributed by atoms with van der Waals surface area (Å²) in [5.41, 5.74) is 3.39. The van der Waals surface area contributed by atoms with E-state index in [4.69, 9.17) is 4.74 Å². The number of hydrogen-bond donors (Lipinski definition) is 1. The predicted octanol–water partition coefficient (Wildman–Crippen LogP) is 2.35. The zero-order chi connectivity index (χ0) is 20.9. The Morgan fingerprint density at radius 2 is 1.97 bits per heavy atom. The Morgan fingerprint density at radius 1 is 1.20 bits per heavy atom. The molecule has 30 heavy (non-hydrogen) atoms. The summed E-state index contributed by atoms with van der Waals surface area (Å²) in [6, 6.07) is 12.4. The van der Waals surface area contributed by atoms with Crippen LogP contribution in [0.1, 0.15) is 11.8 Å². The maximum absolute atomic E-state index is 6.28. The number of pyridine rings is 1. The van der Waals surface area contributed by atoms with Gasteiger partial charge in [0.1, 0.15) is 12.6 Å². The number of ether oxygens (including phenoxy) is 1. The van der Waals surface area contributed by atoms with E-state index >= 15 is 0 Å². The smallest absolute Gasteiger partial charge is 0.217 e. The van der Waals surface area contributed by atoms with Gasteiger partial charge < -0.3 is 15.0 Å². The van der Waals surface area contributed by atoms with E-state index in [1.807, 2.05) is 32.3 Å². The molecule has 156 valence electrons. The molecular weight excluding hydrogens is 396 g/mol. The third-order valence-electron chi connectivity index (χ3n) is 5.06. The molecular formula is C22H27N6OS+. The summed E-state index contributed by atoms with van der Waals surface area (Å²) in [4.78, 5) is 6.18. The number of rotatable bonds is 8. The Labute approximate surface area is 181 Å². The second-order valence-corrected chi connectivity index (χ2v) is 8.38. The first kappa shape index (κ1) is 20.6. The Morgan fingerprint density at radius 3 is 2.67 bits per heavy atom. The van der Waals surface area contributed by atoms with Crippen LogP contribution in [0.5, 0.6) is 0 Å². The number of hydrogen-bond acceptors (Lipinski definition) is 6. The first-order valence-electron chi connectivity index (χ1n) is 9.99. The maximum Gasteiger partial charge on any atom is 0.217 e. The molecule has 7 nitrogen and oxygen atoms in total. The average molecular weight is 424 g/mol. The van der Waals surface area contributed by atoms with Crippen molar-refractivity contribution in [3.63, 3.8) is 0 Å². The van der Waals surface area contributed by atoms with Gasteiger partial charge in [0.15, 0.2) is 11.0 Å². The van der Waals surface area contributed by atoms with Crippen LogP contribution in [0.2, 0.25) is 0 Å². The zero-order valence-corrected chi connectivity index (χ0v) is 18.1. The topological polar surface area (TPSA) is 72.7 Å². The van der Waals surface area contributed by atoms with E-state index < -0.39 is 0 Å². The Kier molecular flexibility index (Phi) is 6.47. The van der Waals surface area contributed by atoms with E-state index in [2.05, 4.69) is 60.8 Å². The van der Waals surface area contributed by atoms with Crippen molar-refractivity contribution in [2.45, 2.75) is 24.0 Å². The van der Waals surface area contributed by atoms with E-state index in [0.29, 0.717) is 6.54 Å². The highest BCUT2D eigenvalue weighted by Gasteiger charge is 2.30. The van der Waals surface area contributed by atoms with Crippen molar-refractivity contribution >= 4 is 17.4 Å². The second-order valence-electron chi connectivity index (χ2n) is 7.39. The van der Waals surface area contributed by atoms with E-state index in [9.17, 15) is 0 Å². The van der Waals surface area contributed by atoms with Gasteiger partial charge in [-0.05, 0) is 36.4 Å². The molecule has 1 saturated heterocycles. The lowest BCUT2D eigenvalue weighted by Crippen LogP contribution is -2.82. The zero-order valence-electron chi connectivity index (χ0n) is 17.3. The monoisotopic (exact) mass is 423 g/mol. The molecule has 0 spiro atoms. The molecule has 1 aliphatic heterocycles. The molecule has 3 heterocycles. The number of allylic oxidation sites excluding steroid dienone is 1. The van der Waals surface area contributed by atoms with E-state index in [1.165, 1.54) is 11.3 Å². The lowest BCUT2D eigenvalue weighted by molar-refractivity contribution is -0.697. The standard InChI is InChI=1S/C22H26N6OS/c1-4-13-28-20(16-9-11-23-12-10-16)25-26-22(28)30-15-19-14-24-21(29-19)17-5-7-18(8-6-17)27(2)3/h4-12,19,21,24H,1,13-15H2,2-3H3/p+1/t19-,21+/m1/s1. The van der Waals surface area contributed by atoms with E-state index in [0.717, 1.165) is 28.8 Å². The molecule has 2 atom stereocenters. The Balaban J connectivity index is 1.39. The summed E-state index contributed by atoms with van der Waals surface area (Å²) in [5, 5.41) is 11.9. The highest BCUT2D eigenvalue weighted by molar-refractivity contribution is 7.99. The summed E-state index contributed by atoms with van der Waals surface area (Å²) in [7, 11) is 4.09. The minimum Gasteiger partial charge on any atom is -0.378 e. The van der Waals surface area contributed by atoms with Gasteiger partial charge in [0.25, 0.3) is 0 Å². The minimum atomic E-state index is 0.0465. The van der Waals surface area contributed by atoms with Gasteiger partial charge in [-0.3, -0.25) is 9.55 Å². The lowest BCUT2D eigenvalue weighted by atomic mass is 10.2. The third kappa shape index (κ3) is 4.56. The summed E-state index contributed by atoms with van der Waals surface area (Å²) in [6.45, 7) is 5.47. The number of aromatic nitrogens is 4. The van der Waals surface area contributed by atoms with Crippen LogP contribution in [0.15, 0.2) is 66.6 Å². The lowest BCUT2D eigenvalue weighted by Gasteiger charge is -2.14. The quantitative estimate of drug-likeness (QED) is 0.443. The molecule has 1 fully saturated rings. The van der Waals surface area contributed by atoms with Gasteiger partial charge >= 0.3 is 0 Å². The van der Waals surface area contributed by atoms with Gasteiger partial charge in [0.05, 0.1) is 0 Å². The van der Waals surface area contributed by atoms with Crippen LogP contribution in [0, 0.1) is 0 Å². The average Bonchev–Trinajstić information content (AvgIpc) is 3.40. The molecule has 3 aromatic rings. The summed E-state index contributed by atoms with van der Waals surface area (Å²) in [5.74, 6) is 1.66. The molecule has 0 radical (unpaired) electrons. The number of benzene rings is 1.